The second-order valence-corrected chi connectivity index (χ2v) is 5.32. The number of benzene rings is 1. The third-order valence-corrected chi connectivity index (χ3v) is 2.81. The number of aliphatic imine (C=N–C) groups is 1. The first-order valence-electron chi connectivity index (χ1n) is 7.09. The Balaban J connectivity index is 2.57. The summed E-state index contributed by atoms with van der Waals surface area (Å²) in [5.74, 6) is 0.988. The predicted molar refractivity (Wildman–Crippen MR) is 80.8 cm³/mol. The molecule has 0 aromatic heterocycles. The first-order chi connectivity index (χ1) is 10.3. The summed E-state index contributed by atoms with van der Waals surface area (Å²) >= 11 is 0. The van der Waals surface area contributed by atoms with Gasteiger partial charge in [-0.25, -0.2) is 4.99 Å². The molecule has 0 unspecified atom stereocenters. The predicted octanol–water partition coefficient (Wildman–Crippen LogP) is 3.08. The highest BCUT2D eigenvalue weighted by atomic mass is 19.4. The normalized spacial score (nSPS) is 12.5. The number of alkyl halides is 3. The zero-order valence-corrected chi connectivity index (χ0v) is 12.8. The van der Waals surface area contributed by atoms with E-state index in [1.54, 1.807) is 18.2 Å². The highest BCUT2D eigenvalue weighted by Crippen LogP contribution is 2.22. The molecule has 22 heavy (non-hydrogen) atoms. The minimum atomic E-state index is -4.37. The summed E-state index contributed by atoms with van der Waals surface area (Å²) in [4.78, 5) is 4.12. The van der Waals surface area contributed by atoms with Crippen molar-refractivity contribution in [3.63, 3.8) is 0 Å². The summed E-state index contributed by atoms with van der Waals surface area (Å²) in [6.45, 7) is 3.75. The van der Waals surface area contributed by atoms with Crippen LogP contribution in [-0.2, 0) is 6.54 Å². The quantitative estimate of drug-likeness (QED) is 0.600. The fraction of sp³-hybridized carbons (Fsp3) is 0.533. The van der Waals surface area contributed by atoms with Crippen LogP contribution in [0.25, 0.3) is 0 Å². The molecule has 1 rings (SSSR count). The summed E-state index contributed by atoms with van der Waals surface area (Å²) in [5, 5.41) is 2.97. The van der Waals surface area contributed by atoms with Gasteiger partial charge in [0.2, 0.25) is 0 Å². The topological polar surface area (TPSA) is 59.6 Å². The molecule has 0 saturated carbocycles. The molecule has 0 radical (unpaired) electrons. The van der Waals surface area contributed by atoms with Crippen molar-refractivity contribution in [1.29, 1.82) is 0 Å². The number of ether oxygens (including phenoxy) is 1. The van der Waals surface area contributed by atoms with Gasteiger partial charge in [-0.3, -0.25) is 0 Å². The molecule has 0 amide bonds. The lowest BCUT2D eigenvalue weighted by Crippen LogP contribution is -2.32. The van der Waals surface area contributed by atoms with E-state index in [2.05, 4.69) is 24.2 Å². The van der Waals surface area contributed by atoms with Crippen LogP contribution in [0.2, 0.25) is 0 Å². The van der Waals surface area contributed by atoms with Crippen LogP contribution < -0.4 is 15.8 Å². The van der Waals surface area contributed by atoms with Gasteiger partial charge in [0, 0.05) is 12.1 Å². The first kappa shape index (κ1) is 18.1. The van der Waals surface area contributed by atoms with Gasteiger partial charge in [0.15, 0.2) is 12.6 Å². The molecule has 0 heterocycles. The number of halogens is 3. The van der Waals surface area contributed by atoms with Crippen LogP contribution in [-0.4, -0.2) is 25.3 Å². The third kappa shape index (κ3) is 7.75. The molecule has 3 N–H and O–H groups in total. The van der Waals surface area contributed by atoms with Gasteiger partial charge in [0.05, 0.1) is 6.54 Å². The van der Waals surface area contributed by atoms with Crippen LogP contribution in [0.5, 0.6) is 5.75 Å². The summed E-state index contributed by atoms with van der Waals surface area (Å²) in [6.07, 6.45) is -3.41. The average molecular weight is 317 g/mol. The number of hydrogen-bond acceptors (Lipinski definition) is 2. The molecular weight excluding hydrogens is 295 g/mol. The molecule has 0 aliphatic rings. The number of nitrogens with one attached hydrogen (secondary N) is 1. The lowest BCUT2D eigenvalue weighted by molar-refractivity contribution is -0.153. The number of rotatable bonds is 7. The molecule has 0 spiro atoms. The summed E-state index contributed by atoms with van der Waals surface area (Å²) in [5.41, 5.74) is 6.28. The molecule has 0 aliphatic carbocycles. The van der Waals surface area contributed by atoms with Crippen molar-refractivity contribution in [3.05, 3.63) is 29.8 Å². The maximum absolute atomic E-state index is 12.2. The molecule has 0 fully saturated rings. The molecular formula is C15H22F3N3O. The van der Waals surface area contributed by atoms with Crippen molar-refractivity contribution >= 4 is 5.96 Å². The van der Waals surface area contributed by atoms with Crippen molar-refractivity contribution in [2.45, 2.75) is 33.0 Å². The largest absolute Gasteiger partial charge is 0.484 e. The summed E-state index contributed by atoms with van der Waals surface area (Å²) in [6, 6.07) is 6.48. The fourth-order valence-corrected chi connectivity index (χ4v) is 1.65. The zero-order valence-electron chi connectivity index (χ0n) is 12.8. The van der Waals surface area contributed by atoms with Crippen LogP contribution in [0.3, 0.4) is 0 Å². The first-order valence-corrected chi connectivity index (χ1v) is 7.09. The smallest absolute Gasteiger partial charge is 0.422 e. The molecule has 1 aromatic carbocycles. The number of nitrogens with zero attached hydrogens (tertiary/aromatic N) is 1. The van der Waals surface area contributed by atoms with Crippen LogP contribution in [0.4, 0.5) is 13.2 Å². The molecule has 1 aromatic rings. The van der Waals surface area contributed by atoms with Crippen LogP contribution in [0, 0.1) is 5.92 Å². The molecule has 0 atom stereocenters. The van der Waals surface area contributed by atoms with Crippen molar-refractivity contribution < 1.29 is 17.9 Å². The lowest BCUT2D eigenvalue weighted by Gasteiger charge is -2.12. The molecule has 4 nitrogen and oxygen atoms in total. The molecule has 7 heteroatoms. The minimum Gasteiger partial charge on any atom is -0.484 e. The van der Waals surface area contributed by atoms with Crippen molar-refractivity contribution in [2.24, 2.45) is 16.6 Å². The van der Waals surface area contributed by atoms with Crippen molar-refractivity contribution in [1.82, 2.24) is 5.32 Å². The van der Waals surface area contributed by atoms with Crippen LogP contribution >= 0.6 is 0 Å². The SMILES string of the molecule is CC(C)CCNC(N)=NCc1ccccc1OCC(F)(F)F. The molecule has 0 aliphatic heterocycles. The lowest BCUT2D eigenvalue weighted by atomic mass is 10.1. The molecule has 0 bridgehead atoms. The standard InChI is InChI=1S/C15H22F3N3O/c1-11(2)7-8-20-14(19)21-9-12-5-3-4-6-13(12)22-10-15(16,17)18/h3-6,11H,7-10H2,1-2H3,(H3,19,20,21). The maximum Gasteiger partial charge on any atom is 0.422 e. The number of nitrogens with two attached hydrogens (primary N) is 1. The zero-order chi connectivity index (χ0) is 16.6. The van der Waals surface area contributed by atoms with Crippen LogP contribution in [0.15, 0.2) is 29.3 Å². The van der Waals surface area contributed by atoms with E-state index in [4.69, 9.17) is 10.5 Å². The Morgan fingerprint density at radius 1 is 1.32 bits per heavy atom. The highest BCUT2D eigenvalue weighted by molar-refractivity contribution is 5.77. The van der Waals surface area contributed by atoms with E-state index in [0.29, 0.717) is 18.0 Å². The monoisotopic (exact) mass is 317 g/mol. The Kier molecular flexibility index (Phi) is 7.01. The van der Waals surface area contributed by atoms with E-state index >= 15 is 0 Å². The number of hydrogen-bond donors (Lipinski definition) is 2. The van der Waals surface area contributed by atoms with Gasteiger partial charge < -0.3 is 15.8 Å². The molecule has 0 saturated heterocycles. The van der Waals surface area contributed by atoms with Crippen LogP contribution in [0.1, 0.15) is 25.8 Å². The van der Waals surface area contributed by atoms with E-state index < -0.39 is 12.8 Å². The second-order valence-electron chi connectivity index (χ2n) is 5.32. The Bertz CT molecular complexity index is 487. The number of para-hydroxylation sites is 1. The van der Waals surface area contributed by atoms with Gasteiger partial charge >= 0.3 is 6.18 Å². The van der Waals surface area contributed by atoms with Gasteiger partial charge in [-0.1, -0.05) is 32.0 Å². The van der Waals surface area contributed by atoms with E-state index in [0.717, 1.165) is 6.42 Å². The Hall–Kier alpha value is -1.92. The van der Waals surface area contributed by atoms with Crippen molar-refractivity contribution in [3.8, 4) is 5.75 Å². The highest BCUT2D eigenvalue weighted by Gasteiger charge is 2.28. The van der Waals surface area contributed by atoms with Gasteiger partial charge in [-0.2, -0.15) is 13.2 Å². The van der Waals surface area contributed by atoms with E-state index in [9.17, 15) is 13.2 Å². The summed E-state index contributed by atoms with van der Waals surface area (Å²) < 4.78 is 41.4. The Labute approximate surface area is 128 Å². The molecule has 124 valence electrons. The van der Waals surface area contributed by atoms with E-state index in [1.807, 2.05) is 0 Å². The maximum atomic E-state index is 12.2. The summed E-state index contributed by atoms with van der Waals surface area (Å²) in [7, 11) is 0. The second kappa shape index (κ2) is 8.51. The minimum absolute atomic E-state index is 0.161. The van der Waals surface area contributed by atoms with Gasteiger partial charge in [0.25, 0.3) is 0 Å². The Morgan fingerprint density at radius 3 is 2.64 bits per heavy atom. The Morgan fingerprint density at radius 2 is 2.00 bits per heavy atom. The van der Waals surface area contributed by atoms with E-state index in [-0.39, 0.29) is 18.3 Å². The fourth-order valence-electron chi connectivity index (χ4n) is 1.65. The van der Waals surface area contributed by atoms with E-state index in [1.165, 1.54) is 6.07 Å². The average Bonchev–Trinajstić information content (AvgIpc) is 2.42. The van der Waals surface area contributed by atoms with Gasteiger partial charge in [-0.15, -0.1) is 0 Å². The van der Waals surface area contributed by atoms with Crippen molar-refractivity contribution in [2.75, 3.05) is 13.2 Å². The number of guanidine groups is 1. The van der Waals surface area contributed by atoms with Gasteiger partial charge in [-0.05, 0) is 18.4 Å². The third-order valence-electron chi connectivity index (χ3n) is 2.81. The van der Waals surface area contributed by atoms with Gasteiger partial charge in [0.1, 0.15) is 5.75 Å².